The number of hydrogen-bond donors (Lipinski definition) is 1. The molecule has 0 bridgehead atoms. The summed E-state index contributed by atoms with van der Waals surface area (Å²) < 4.78 is 5.89. The molecule has 2 rings (SSSR count). The van der Waals surface area contributed by atoms with Gasteiger partial charge >= 0.3 is 5.97 Å². The molecule has 2 heterocycles. The molecule has 0 aromatic carbocycles. The van der Waals surface area contributed by atoms with Crippen molar-refractivity contribution >= 4 is 33.2 Å². The minimum atomic E-state index is -0.116. The lowest BCUT2D eigenvalue weighted by molar-refractivity contribution is -0.145. The van der Waals surface area contributed by atoms with Crippen molar-refractivity contribution in [2.24, 2.45) is 5.92 Å². The molecule has 2 atom stereocenters. The molecule has 1 N–H and O–H groups in total. The predicted molar refractivity (Wildman–Crippen MR) is 63.1 cm³/mol. The summed E-state index contributed by atoms with van der Waals surface area (Å²) in [6.45, 7) is 1.57. The molecule has 0 unspecified atom stereocenters. The van der Waals surface area contributed by atoms with Crippen LogP contribution in [0.1, 0.15) is 10.8 Å². The van der Waals surface area contributed by atoms with Crippen molar-refractivity contribution in [2.75, 3.05) is 20.2 Å². The Labute approximate surface area is 101 Å². The quantitative estimate of drug-likeness (QED) is 0.847. The summed E-state index contributed by atoms with van der Waals surface area (Å²) in [6.07, 6.45) is 0. The number of nitrogens with one attached hydrogen (secondary N) is 1. The van der Waals surface area contributed by atoms with Crippen molar-refractivity contribution in [3.63, 3.8) is 0 Å². The zero-order valence-corrected chi connectivity index (χ0v) is 10.7. The van der Waals surface area contributed by atoms with Gasteiger partial charge in [-0.1, -0.05) is 0 Å². The fourth-order valence-electron chi connectivity index (χ4n) is 1.90. The normalized spacial score (nSPS) is 25.5. The monoisotopic (exact) mass is 289 g/mol. The van der Waals surface area contributed by atoms with Crippen LogP contribution >= 0.6 is 27.3 Å². The van der Waals surface area contributed by atoms with Gasteiger partial charge in [-0.05, 0) is 22.0 Å². The fourth-order valence-corrected chi connectivity index (χ4v) is 3.51. The number of thiophene rings is 1. The van der Waals surface area contributed by atoms with Crippen molar-refractivity contribution in [1.82, 2.24) is 5.32 Å². The molecule has 1 aliphatic rings. The van der Waals surface area contributed by atoms with E-state index in [1.54, 1.807) is 11.3 Å². The van der Waals surface area contributed by atoms with Gasteiger partial charge in [0, 0.05) is 33.7 Å². The Morgan fingerprint density at radius 2 is 2.47 bits per heavy atom. The number of halogens is 1. The molecule has 0 spiro atoms. The Kier molecular flexibility index (Phi) is 3.43. The van der Waals surface area contributed by atoms with Crippen LogP contribution in [0, 0.1) is 5.92 Å². The maximum Gasteiger partial charge on any atom is 0.310 e. The van der Waals surface area contributed by atoms with Gasteiger partial charge in [0.2, 0.25) is 0 Å². The summed E-state index contributed by atoms with van der Waals surface area (Å²) in [7, 11) is 1.45. The standard InChI is InChI=1S/C10H12BrNO2S/c1-14-10(13)8-4-12-3-7(8)9-2-6(11)5-15-9/h2,5,7-8,12H,3-4H2,1H3/t7-,8-/m0/s1. The zero-order valence-electron chi connectivity index (χ0n) is 8.33. The molecule has 0 aliphatic carbocycles. The van der Waals surface area contributed by atoms with Gasteiger partial charge in [-0.15, -0.1) is 11.3 Å². The fraction of sp³-hybridized carbons (Fsp3) is 0.500. The van der Waals surface area contributed by atoms with E-state index in [1.807, 2.05) is 5.38 Å². The first-order valence-corrected chi connectivity index (χ1v) is 6.42. The lowest BCUT2D eigenvalue weighted by Gasteiger charge is -2.14. The van der Waals surface area contributed by atoms with Crippen molar-refractivity contribution in [1.29, 1.82) is 0 Å². The lowest BCUT2D eigenvalue weighted by atomic mass is 9.95. The second-order valence-electron chi connectivity index (χ2n) is 3.56. The van der Waals surface area contributed by atoms with Crippen molar-refractivity contribution < 1.29 is 9.53 Å². The Balaban J connectivity index is 2.18. The van der Waals surface area contributed by atoms with E-state index >= 15 is 0 Å². The molecule has 1 fully saturated rings. The summed E-state index contributed by atoms with van der Waals surface area (Å²) in [4.78, 5) is 12.8. The molecule has 82 valence electrons. The molecular weight excluding hydrogens is 278 g/mol. The summed E-state index contributed by atoms with van der Waals surface area (Å²) in [6, 6.07) is 2.08. The van der Waals surface area contributed by atoms with Gasteiger partial charge in [-0.2, -0.15) is 0 Å². The number of esters is 1. The van der Waals surface area contributed by atoms with E-state index in [-0.39, 0.29) is 17.8 Å². The van der Waals surface area contributed by atoms with E-state index in [0.29, 0.717) is 6.54 Å². The van der Waals surface area contributed by atoms with Gasteiger partial charge in [0.15, 0.2) is 0 Å². The van der Waals surface area contributed by atoms with Gasteiger partial charge in [0.1, 0.15) is 0 Å². The molecule has 1 aromatic heterocycles. The van der Waals surface area contributed by atoms with Crippen LogP contribution in [0.15, 0.2) is 15.9 Å². The molecule has 0 saturated carbocycles. The number of carbonyl (C=O) groups excluding carboxylic acids is 1. The summed E-state index contributed by atoms with van der Waals surface area (Å²) >= 11 is 5.11. The summed E-state index contributed by atoms with van der Waals surface area (Å²) in [5.41, 5.74) is 0. The van der Waals surface area contributed by atoms with E-state index < -0.39 is 0 Å². The SMILES string of the molecule is COC(=O)[C@H]1CNC[C@@H]1c1cc(Br)cs1. The minimum Gasteiger partial charge on any atom is -0.469 e. The molecule has 0 radical (unpaired) electrons. The third-order valence-corrected chi connectivity index (χ3v) is 4.50. The van der Waals surface area contributed by atoms with Crippen LogP contribution in [0.2, 0.25) is 0 Å². The predicted octanol–water partition coefficient (Wildman–Crippen LogP) is 1.99. The molecule has 3 nitrogen and oxygen atoms in total. The maximum atomic E-state index is 11.5. The lowest BCUT2D eigenvalue weighted by Crippen LogP contribution is -2.22. The Hall–Kier alpha value is -0.390. The van der Waals surface area contributed by atoms with Crippen LogP contribution in [0.3, 0.4) is 0 Å². The highest BCUT2D eigenvalue weighted by molar-refractivity contribution is 9.10. The van der Waals surface area contributed by atoms with Crippen LogP contribution in [-0.4, -0.2) is 26.2 Å². The highest BCUT2D eigenvalue weighted by Crippen LogP contribution is 2.34. The Bertz CT molecular complexity index is 366. The van der Waals surface area contributed by atoms with Crippen LogP contribution in [0.5, 0.6) is 0 Å². The van der Waals surface area contributed by atoms with Crippen molar-refractivity contribution in [3.8, 4) is 0 Å². The van der Waals surface area contributed by atoms with Gasteiger partial charge in [0.25, 0.3) is 0 Å². The third kappa shape index (κ3) is 2.24. The average Bonchev–Trinajstić information content (AvgIpc) is 2.84. The molecule has 0 amide bonds. The van der Waals surface area contributed by atoms with Crippen LogP contribution < -0.4 is 5.32 Å². The Morgan fingerprint density at radius 1 is 1.67 bits per heavy atom. The zero-order chi connectivity index (χ0) is 10.8. The molecule has 1 aliphatic heterocycles. The maximum absolute atomic E-state index is 11.5. The van der Waals surface area contributed by atoms with Crippen molar-refractivity contribution in [3.05, 3.63) is 20.8 Å². The smallest absolute Gasteiger partial charge is 0.310 e. The number of rotatable bonds is 2. The second-order valence-corrected chi connectivity index (χ2v) is 5.42. The average molecular weight is 290 g/mol. The minimum absolute atomic E-state index is 0.0412. The largest absolute Gasteiger partial charge is 0.469 e. The van der Waals surface area contributed by atoms with Crippen LogP contribution in [-0.2, 0) is 9.53 Å². The van der Waals surface area contributed by atoms with E-state index in [0.717, 1.165) is 11.0 Å². The van der Waals surface area contributed by atoms with E-state index in [1.165, 1.54) is 12.0 Å². The first kappa shape index (κ1) is 11.1. The van der Waals surface area contributed by atoms with E-state index in [9.17, 15) is 4.79 Å². The summed E-state index contributed by atoms with van der Waals surface area (Å²) in [5.74, 6) is 0.101. The molecular formula is C10H12BrNO2S. The highest BCUT2D eigenvalue weighted by atomic mass is 79.9. The van der Waals surface area contributed by atoms with Crippen molar-refractivity contribution in [2.45, 2.75) is 5.92 Å². The molecule has 15 heavy (non-hydrogen) atoms. The first-order chi connectivity index (χ1) is 7.22. The second kappa shape index (κ2) is 4.63. The van der Waals surface area contributed by atoms with Crippen LogP contribution in [0.25, 0.3) is 0 Å². The number of carbonyl (C=O) groups is 1. The van der Waals surface area contributed by atoms with Crippen LogP contribution in [0.4, 0.5) is 0 Å². The molecule has 1 saturated heterocycles. The molecule has 5 heteroatoms. The van der Waals surface area contributed by atoms with Gasteiger partial charge in [0.05, 0.1) is 13.0 Å². The van der Waals surface area contributed by atoms with Gasteiger partial charge in [-0.25, -0.2) is 0 Å². The third-order valence-electron chi connectivity index (χ3n) is 2.67. The highest BCUT2D eigenvalue weighted by Gasteiger charge is 2.35. The molecule has 1 aromatic rings. The summed E-state index contributed by atoms with van der Waals surface area (Å²) in [5, 5.41) is 5.28. The van der Waals surface area contributed by atoms with Gasteiger partial charge < -0.3 is 10.1 Å². The van der Waals surface area contributed by atoms with E-state index in [4.69, 9.17) is 4.74 Å². The first-order valence-electron chi connectivity index (χ1n) is 4.75. The number of hydrogen-bond acceptors (Lipinski definition) is 4. The number of ether oxygens (including phenoxy) is 1. The van der Waals surface area contributed by atoms with E-state index in [2.05, 4.69) is 27.3 Å². The number of methoxy groups -OCH3 is 1. The topological polar surface area (TPSA) is 38.3 Å². The Morgan fingerprint density at radius 3 is 3.07 bits per heavy atom. The van der Waals surface area contributed by atoms with Gasteiger partial charge in [-0.3, -0.25) is 4.79 Å².